The Hall–Kier alpha value is -3.03. The molecule has 2 atom stereocenters. The maximum atomic E-state index is 12.0. The number of carbonyl (C=O) groups excluding carboxylic acids is 1. The first-order chi connectivity index (χ1) is 18.1. The first-order valence-electron chi connectivity index (χ1n) is 13.1. The molecule has 0 bridgehead atoms. The van der Waals surface area contributed by atoms with Gasteiger partial charge in [0.25, 0.3) is 0 Å². The number of carbonyl (C=O) groups is 1. The van der Waals surface area contributed by atoms with Crippen LogP contribution in [0, 0.1) is 5.92 Å². The Labute approximate surface area is 220 Å². The molecule has 0 N–H and O–H groups in total. The highest BCUT2D eigenvalue weighted by atomic mass is 16.5. The Morgan fingerprint density at radius 2 is 1.81 bits per heavy atom. The number of hydrogen-bond donors (Lipinski definition) is 0. The first-order valence-corrected chi connectivity index (χ1v) is 13.1. The quantitative estimate of drug-likeness (QED) is 0.328. The molecular weight excluding hydrogens is 468 g/mol. The van der Waals surface area contributed by atoms with Crippen molar-refractivity contribution in [2.45, 2.75) is 44.8 Å². The summed E-state index contributed by atoms with van der Waals surface area (Å²) in [6.45, 7) is 8.91. The van der Waals surface area contributed by atoms with Gasteiger partial charge >= 0.3 is 5.97 Å². The largest absolute Gasteiger partial charge is 0.493 e. The predicted octanol–water partition coefficient (Wildman–Crippen LogP) is 4.47. The molecule has 0 unspecified atom stereocenters. The van der Waals surface area contributed by atoms with Crippen molar-refractivity contribution in [2.75, 3.05) is 47.6 Å². The minimum Gasteiger partial charge on any atom is -0.493 e. The Morgan fingerprint density at radius 1 is 1.05 bits per heavy atom. The number of esters is 1. The molecule has 2 heterocycles. The number of ether oxygens (including phenoxy) is 4. The van der Waals surface area contributed by atoms with Gasteiger partial charge in [0.1, 0.15) is 12.4 Å². The summed E-state index contributed by atoms with van der Waals surface area (Å²) >= 11 is 0. The van der Waals surface area contributed by atoms with E-state index in [-0.39, 0.29) is 5.97 Å². The van der Waals surface area contributed by atoms with E-state index < -0.39 is 0 Å². The van der Waals surface area contributed by atoms with Crippen LogP contribution in [-0.4, -0.2) is 69.4 Å². The molecule has 0 amide bonds. The average Bonchev–Trinajstić information content (AvgIpc) is 2.94. The highest BCUT2D eigenvalue weighted by molar-refractivity contribution is 5.69. The molecule has 7 heteroatoms. The fourth-order valence-electron chi connectivity index (χ4n) is 5.76. The van der Waals surface area contributed by atoms with Crippen molar-refractivity contribution in [3.05, 3.63) is 65.7 Å². The number of rotatable bonds is 11. The summed E-state index contributed by atoms with van der Waals surface area (Å²) in [6, 6.07) is 12.9. The smallest absolute Gasteiger partial charge is 0.305 e. The van der Waals surface area contributed by atoms with Crippen LogP contribution in [0.1, 0.15) is 36.0 Å². The van der Waals surface area contributed by atoms with Crippen LogP contribution < -0.4 is 14.2 Å². The zero-order chi connectivity index (χ0) is 26.2. The topological polar surface area (TPSA) is 60.5 Å². The summed E-state index contributed by atoms with van der Waals surface area (Å²) in [7, 11) is 4.84. The molecule has 200 valence electrons. The van der Waals surface area contributed by atoms with E-state index in [0.29, 0.717) is 25.0 Å². The van der Waals surface area contributed by atoms with Gasteiger partial charge in [-0.05, 0) is 61.1 Å². The number of fused-ring (bicyclic) bond motifs is 1. The van der Waals surface area contributed by atoms with E-state index >= 15 is 0 Å². The molecule has 7 nitrogen and oxygen atoms in total. The van der Waals surface area contributed by atoms with E-state index in [0.717, 1.165) is 69.2 Å². The molecule has 4 rings (SSSR count). The van der Waals surface area contributed by atoms with E-state index in [2.05, 4.69) is 40.6 Å². The van der Waals surface area contributed by atoms with E-state index in [1.54, 1.807) is 20.3 Å². The van der Waals surface area contributed by atoms with Gasteiger partial charge in [0.15, 0.2) is 11.5 Å². The first kappa shape index (κ1) is 27.0. The van der Waals surface area contributed by atoms with Crippen LogP contribution in [0.2, 0.25) is 0 Å². The minimum absolute atomic E-state index is 0.139. The monoisotopic (exact) mass is 508 g/mol. The predicted molar refractivity (Wildman–Crippen MR) is 144 cm³/mol. The van der Waals surface area contributed by atoms with Crippen LogP contribution in [0.4, 0.5) is 0 Å². The van der Waals surface area contributed by atoms with Crippen LogP contribution in [0.3, 0.4) is 0 Å². The number of nitrogens with zero attached hydrogens (tertiary/aromatic N) is 2. The Balaban J connectivity index is 1.49. The van der Waals surface area contributed by atoms with Gasteiger partial charge in [0.2, 0.25) is 0 Å². The minimum atomic E-state index is -0.139. The molecule has 0 spiro atoms. The summed E-state index contributed by atoms with van der Waals surface area (Å²) in [4.78, 5) is 17.2. The third kappa shape index (κ3) is 6.65. The lowest BCUT2D eigenvalue weighted by molar-refractivity contribution is -0.141. The number of likely N-dealkylation sites (tertiary alicyclic amines) is 1. The maximum Gasteiger partial charge on any atom is 0.305 e. The van der Waals surface area contributed by atoms with E-state index in [1.165, 1.54) is 23.8 Å². The van der Waals surface area contributed by atoms with Gasteiger partial charge in [0, 0.05) is 44.2 Å². The second-order valence-electron chi connectivity index (χ2n) is 9.87. The van der Waals surface area contributed by atoms with Gasteiger partial charge in [-0.2, -0.15) is 0 Å². The van der Waals surface area contributed by atoms with E-state index in [1.807, 2.05) is 12.1 Å². The Bertz CT molecular complexity index is 1070. The molecule has 0 aromatic heterocycles. The normalized spacial score (nSPS) is 20.1. The molecule has 2 aliphatic heterocycles. The summed E-state index contributed by atoms with van der Waals surface area (Å²) in [5, 5.41) is 0. The highest BCUT2D eigenvalue weighted by Gasteiger charge is 2.35. The lowest BCUT2D eigenvalue weighted by Gasteiger charge is -2.45. The second kappa shape index (κ2) is 13.0. The van der Waals surface area contributed by atoms with Crippen molar-refractivity contribution in [3.8, 4) is 17.2 Å². The molecule has 2 aromatic carbocycles. The fourth-order valence-corrected chi connectivity index (χ4v) is 5.76. The molecule has 1 saturated heterocycles. The van der Waals surface area contributed by atoms with E-state index in [4.69, 9.17) is 18.9 Å². The number of para-hydroxylation sites is 1. The molecule has 1 fully saturated rings. The molecule has 0 radical (unpaired) electrons. The highest BCUT2D eigenvalue weighted by Crippen LogP contribution is 2.36. The number of piperidine rings is 1. The van der Waals surface area contributed by atoms with Crippen LogP contribution >= 0.6 is 0 Å². The summed E-state index contributed by atoms with van der Waals surface area (Å²) in [6.07, 6.45) is 5.07. The zero-order valence-corrected chi connectivity index (χ0v) is 22.4. The van der Waals surface area contributed by atoms with Crippen LogP contribution in [0.5, 0.6) is 17.2 Å². The van der Waals surface area contributed by atoms with Gasteiger partial charge in [-0.25, -0.2) is 0 Å². The van der Waals surface area contributed by atoms with Crippen molar-refractivity contribution < 1.29 is 23.7 Å². The SMILES string of the molecule is C=CCOc1ccccc1CN1CC[C@@H](N2CCc3cc(OC)c(OC)cc3C2)[C@@H](CCC(=O)OC)C1. The average molecular weight is 509 g/mol. The molecule has 0 saturated carbocycles. The van der Waals surface area contributed by atoms with Crippen molar-refractivity contribution in [1.82, 2.24) is 9.80 Å². The summed E-state index contributed by atoms with van der Waals surface area (Å²) < 4.78 is 22.0. The molecule has 37 heavy (non-hydrogen) atoms. The van der Waals surface area contributed by atoms with Crippen molar-refractivity contribution in [1.29, 1.82) is 0 Å². The number of methoxy groups -OCH3 is 3. The van der Waals surface area contributed by atoms with Gasteiger partial charge in [-0.1, -0.05) is 30.9 Å². The molecule has 0 aliphatic carbocycles. The number of benzene rings is 2. The van der Waals surface area contributed by atoms with Crippen molar-refractivity contribution in [2.24, 2.45) is 5.92 Å². The summed E-state index contributed by atoms with van der Waals surface area (Å²) in [5.41, 5.74) is 3.81. The lowest BCUT2D eigenvalue weighted by atomic mass is 9.85. The Kier molecular flexibility index (Phi) is 9.47. The van der Waals surface area contributed by atoms with Gasteiger partial charge in [-0.3, -0.25) is 14.6 Å². The maximum absolute atomic E-state index is 12.0. The zero-order valence-electron chi connectivity index (χ0n) is 22.4. The van der Waals surface area contributed by atoms with Crippen LogP contribution in [0.25, 0.3) is 0 Å². The van der Waals surface area contributed by atoms with Crippen molar-refractivity contribution in [3.63, 3.8) is 0 Å². The molecule has 2 aromatic rings. The lowest BCUT2D eigenvalue weighted by Crippen LogP contribution is -2.52. The van der Waals surface area contributed by atoms with Gasteiger partial charge < -0.3 is 18.9 Å². The molecular formula is C30H40N2O5. The summed E-state index contributed by atoms with van der Waals surface area (Å²) in [5.74, 6) is 2.71. The molecule has 2 aliphatic rings. The third-order valence-corrected chi connectivity index (χ3v) is 7.66. The van der Waals surface area contributed by atoms with Gasteiger partial charge in [0.05, 0.1) is 21.3 Å². The fraction of sp³-hybridized carbons (Fsp3) is 0.500. The van der Waals surface area contributed by atoms with Gasteiger partial charge in [-0.15, -0.1) is 0 Å². The van der Waals surface area contributed by atoms with Crippen molar-refractivity contribution >= 4 is 5.97 Å². The van der Waals surface area contributed by atoms with E-state index in [9.17, 15) is 4.79 Å². The second-order valence-corrected chi connectivity index (χ2v) is 9.87. The Morgan fingerprint density at radius 3 is 2.54 bits per heavy atom. The number of hydrogen-bond acceptors (Lipinski definition) is 7. The van der Waals surface area contributed by atoms with Crippen LogP contribution in [0.15, 0.2) is 49.1 Å². The van der Waals surface area contributed by atoms with Crippen LogP contribution in [-0.2, 0) is 29.0 Å². The standard InChI is InChI=1S/C30H40N2O5/c1-5-16-37-27-9-7-6-8-24(27)20-31-14-13-26(23(19-31)10-11-30(33)36-4)32-15-12-22-17-28(34-2)29(35-3)18-25(22)21-32/h5-9,17-18,23,26H,1,10-16,19-21H2,2-4H3/t23-,26+/m0/s1. The third-order valence-electron chi connectivity index (χ3n) is 7.66.